The summed E-state index contributed by atoms with van der Waals surface area (Å²) in [6.07, 6.45) is -0.944. The van der Waals surface area contributed by atoms with Gasteiger partial charge in [0.1, 0.15) is 12.6 Å². The molecule has 0 heterocycles. The van der Waals surface area contributed by atoms with E-state index in [-0.39, 0.29) is 13.0 Å². The summed E-state index contributed by atoms with van der Waals surface area (Å²) in [7, 11) is 1.32. The predicted octanol–water partition coefficient (Wildman–Crippen LogP) is 1.36. The Morgan fingerprint density at radius 3 is 2.00 bits per heavy atom. The van der Waals surface area contributed by atoms with Gasteiger partial charge in [-0.15, -0.1) is 0 Å². The third-order valence-corrected chi connectivity index (χ3v) is 4.98. The summed E-state index contributed by atoms with van der Waals surface area (Å²) in [5.74, 6) is -4.47. The van der Waals surface area contributed by atoms with Crippen molar-refractivity contribution in [1.82, 2.24) is 10.6 Å². The molecule has 2 rings (SSSR count). The van der Waals surface area contributed by atoms with Crippen molar-refractivity contribution in [2.75, 3.05) is 7.05 Å². The Balaban J connectivity index is 2.23. The highest BCUT2D eigenvalue weighted by molar-refractivity contribution is 6.08. The number of carbonyl (C=O) groups is 4. The first-order valence-electron chi connectivity index (χ1n) is 9.98. The smallest absolute Gasteiger partial charge is 0.336 e. The van der Waals surface area contributed by atoms with E-state index >= 15 is 0 Å². The molecular weight excluding hydrogens is 416 g/mol. The lowest BCUT2D eigenvalue weighted by Gasteiger charge is -2.30. The zero-order chi connectivity index (χ0) is 23.6. The highest BCUT2D eigenvalue weighted by atomic mass is 16.5. The Labute approximate surface area is 185 Å². The van der Waals surface area contributed by atoms with Crippen LogP contribution in [0.4, 0.5) is 0 Å². The first kappa shape index (κ1) is 24.5. The van der Waals surface area contributed by atoms with Crippen molar-refractivity contribution in [2.24, 2.45) is 0 Å². The van der Waals surface area contributed by atoms with Crippen molar-refractivity contribution in [3.63, 3.8) is 0 Å². The van der Waals surface area contributed by atoms with Gasteiger partial charge in [-0.3, -0.25) is 14.9 Å². The quantitative estimate of drug-likeness (QED) is 0.285. The zero-order valence-corrected chi connectivity index (χ0v) is 17.6. The lowest BCUT2D eigenvalue weighted by atomic mass is 9.91. The lowest BCUT2D eigenvalue weighted by molar-refractivity contribution is -0.159. The van der Waals surface area contributed by atoms with Crippen molar-refractivity contribution >= 4 is 23.8 Å². The van der Waals surface area contributed by atoms with Crippen LogP contribution in [0.1, 0.15) is 24.0 Å². The number of amides is 1. The van der Waals surface area contributed by atoms with Crippen LogP contribution in [0.2, 0.25) is 0 Å². The van der Waals surface area contributed by atoms with Gasteiger partial charge in [0.2, 0.25) is 0 Å². The summed E-state index contributed by atoms with van der Waals surface area (Å²) in [4.78, 5) is 49.0. The van der Waals surface area contributed by atoms with Crippen molar-refractivity contribution in [2.45, 2.75) is 37.5 Å². The van der Waals surface area contributed by atoms with E-state index in [1.165, 1.54) is 7.05 Å². The number of carboxylic acids is 2. The average molecular weight is 442 g/mol. The predicted molar refractivity (Wildman–Crippen MR) is 115 cm³/mol. The molecule has 0 saturated carbocycles. The maximum atomic E-state index is 13.1. The van der Waals surface area contributed by atoms with Crippen molar-refractivity contribution < 1.29 is 34.1 Å². The number of aliphatic carboxylic acids is 2. The fourth-order valence-corrected chi connectivity index (χ4v) is 3.12. The van der Waals surface area contributed by atoms with Gasteiger partial charge in [-0.05, 0) is 24.6 Å². The van der Waals surface area contributed by atoms with Gasteiger partial charge in [0.25, 0.3) is 5.91 Å². The number of carboxylic acid groups (broad SMARTS) is 2. The van der Waals surface area contributed by atoms with Crippen LogP contribution in [0, 0.1) is 0 Å². The van der Waals surface area contributed by atoms with Gasteiger partial charge in [0, 0.05) is 12.8 Å². The van der Waals surface area contributed by atoms with Crippen LogP contribution in [0.25, 0.3) is 0 Å². The fraction of sp³-hybridized carbons (Fsp3) is 0.304. The van der Waals surface area contributed by atoms with Crippen molar-refractivity contribution in [3.8, 4) is 0 Å². The van der Waals surface area contributed by atoms with Gasteiger partial charge in [0.05, 0.1) is 0 Å². The molecule has 2 atom stereocenters. The van der Waals surface area contributed by atoms with Crippen molar-refractivity contribution in [3.05, 3.63) is 71.8 Å². The van der Waals surface area contributed by atoms with Crippen LogP contribution in [-0.2, 0) is 36.9 Å². The topological polar surface area (TPSA) is 142 Å². The van der Waals surface area contributed by atoms with E-state index in [0.29, 0.717) is 11.1 Å². The van der Waals surface area contributed by atoms with Gasteiger partial charge in [-0.25, -0.2) is 9.59 Å². The first-order chi connectivity index (χ1) is 15.3. The molecule has 0 aliphatic carbocycles. The van der Waals surface area contributed by atoms with Crippen LogP contribution < -0.4 is 10.6 Å². The molecular formula is C23H26N2O7. The van der Waals surface area contributed by atoms with E-state index in [4.69, 9.17) is 9.84 Å². The number of benzene rings is 2. The molecule has 2 aromatic rings. The van der Waals surface area contributed by atoms with E-state index in [1.54, 1.807) is 60.7 Å². The number of ether oxygens (including phenoxy) is 1. The number of esters is 1. The van der Waals surface area contributed by atoms with Gasteiger partial charge >= 0.3 is 17.9 Å². The number of rotatable bonds is 12. The first-order valence-corrected chi connectivity index (χ1v) is 9.98. The normalized spacial score (nSPS) is 13.4. The monoisotopic (exact) mass is 442 g/mol. The molecule has 0 radical (unpaired) electrons. The largest absolute Gasteiger partial charge is 0.481 e. The molecule has 0 bridgehead atoms. The molecule has 0 fully saturated rings. The third kappa shape index (κ3) is 6.64. The Morgan fingerprint density at radius 1 is 0.938 bits per heavy atom. The number of hydrogen-bond donors (Lipinski definition) is 4. The Bertz CT molecular complexity index is 934. The number of likely N-dealkylation sites (N-methyl/N-ethyl adjacent to an activating group) is 1. The van der Waals surface area contributed by atoms with Crippen LogP contribution in [0.3, 0.4) is 0 Å². The minimum Gasteiger partial charge on any atom is -0.481 e. The standard InChI is InChI=1S/C23H26N2O7/c1-24-23(13-12-19(26)27,22(31)32-15-17-10-6-3-7-11-17)21(30)25-18(20(28)29)14-16-8-4-2-5-9-16/h2-11,18,24H,12-15H2,1H3,(H,25,30)(H,26,27)(H,28,29)/t18-,23-/m0/s1. The lowest BCUT2D eigenvalue weighted by Crippen LogP contribution is -2.64. The second-order valence-electron chi connectivity index (χ2n) is 7.16. The van der Waals surface area contributed by atoms with E-state index in [2.05, 4.69) is 10.6 Å². The van der Waals surface area contributed by atoms with E-state index in [9.17, 15) is 24.3 Å². The summed E-state index contributed by atoms with van der Waals surface area (Å²) >= 11 is 0. The summed E-state index contributed by atoms with van der Waals surface area (Å²) in [6, 6.07) is 16.1. The molecule has 1 amide bonds. The summed E-state index contributed by atoms with van der Waals surface area (Å²) in [5.41, 5.74) is -0.721. The molecule has 9 nitrogen and oxygen atoms in total. The summed E-state index contributed by atoms with van der Waals surface area (Å²) in [5, 5.41) is 23.6. The average Bonchev–Trinajstić information content (AvgIpc) is 2.79. The number of nitrogens with one attached hydrogen (secondary N) is 2. The van der Waals surface area contributed by atoms with Crippen LogP contribution >= 0.6 is 0 Å². The molecule has 0 saturated heterocycles. The second-order valence-corrected chi connectivity index (χ2v) is 7.16. The molecule has 0 unspecified atom stereocenters. The maximum Gasteiger partial charge on any atom is 0.336 e. The maximum absolute atomic E-state index is 13.1. The minimum atomic E-state index is -2.07. The highest BCUT2D eigenvalue weighted by Gasteiger charge is 2.47. The third-order valence-electron chi connectivity index (χ3n) is 4.98. The second kappa shape index (κ2) is 11.6. The summed E-state index contributed by atoms with van der Waals surface area (Å²) < 4.78 is 5.30. The Morgan fingerprint density at radius 2 is 1.50 bits per heavy atom. The van der Waals surface area contributed by atoms with E-state index in [1.807, 2.05) is 0 Å². The van der Waals surface area contributed by atoms with Crippen molar-refractivity contribution in [1.29, 1.82) is 0 Å². The highest BCUT2D eigenvalue weighted by Crippen LogP contribution is 2.18. The molecule has 0 aliphatic rings. The van der Waals surface area contributed by atoms with Gasteiger partial charge < -0.3 is 20.3 Å². The minimum absolute atomic E-state index is 0.0142. The Kier molecular flexibility index (Phi) is 8.91. The molecule has 2 aromatic carbocycles. The zero-order valence-electron chi connectivity index (χ0n) is 17.6. The molecule has 0 spiro atoms. The van der Waals surface area contributed by atoms with Gasteiger partial charge in [-0.1, -0.05) is 60.7 Å². The van der Waals surface area contributed by atoms with Crippen LogP contribution in [0.15, 0.2) is 60.7 Å². The van der Waals surface area contributed by atoms with Gasteiger partial charge in [-0.2, -0.15) is 0 Å². The molecule has 4 N–H and O–H groups in total. The van der Waals surface area contributed by atoms with E-state index in [0.717, 1.165) is 0 Å². The molecule has 9 heteroatoms. The fourth-order valence-electron chi connectivity index (χ4n) is 3.12. The molecule has 170 valence electrons. The number of hydrogen-bond acceptors (Lipinski definition) is 6. The van der Waals surface area contributed by atoms with E-state index < -0.39 is 48.2 Å². The van der Waals surface area contributed by atoms with Crippen LogP contribution in [0.5, 0.6) is 0 Å². The molecule has 32 heavy (non-hydrogen) atoms. The molecule has 0 aliphatic heterocycles. The number of carbonyl (C=O) groups excluding carboxylic acids is 2. The summed E-state index contributed by atoms with van der Waals surface area (Å²) in [6.45, 7) is -0.129. The van der Waals surface area contributed by atoms with Gasteiger partial charge in [0.15, 0.2) is 5.54 Å². The molecule has 0 aromatic heterocycles. The van der Waals surface area contributed by atoms with Crippen LogP contribution in [-0.4, -0.2) is 52.7 Å². The SMILES string of the molecule is CN[C@@](CCC(=O)O)(C(=O)N[C@@H](Cc1ccccc1)C(=O)O)C(=O)OCc1ccccc1. The Hall–Kier alpha value is -3.72.